The van der Waals surface area contributed by atoms with Crippen LogP contribution in [0, 0.1) is 13.8 Å². The van der Waals surface area contributed by atoms with Gasteiger partial charge in [-0.15, -0.1) is 11.3 Å². The largest absolute Gasteiger partial charge is 0.471 e. The van der Waals surface area contributed by atoms with Gasteiger partial charge in [-0.25, -0.2) is 0 Å². The molecule has 0 spiro atoms. The number of hydrogen-bond acceptors (Lipinski definition) is 4. The number of carbonyl (C=O) groups is 2. The van der Waals surface area contributed by atoms with Gasteiger partial charge in [0.25, 0.3) is 12.4 Å². The van der Waals surface area contributed by atoms with E-state index in [1.54, 1.807) is 0 Å². The van der Waals surface area contributed by atoms with Gasteiger partial charge in [-0.1, -0.05) is 18.2 Å². The smallest absolute Gasteiger partial charge is 0.292 e. The van der Waals surface area contributed by atoms with E-state index in [2.05, 4.69) is 10.1 Å². The van der Waals surface area contributed by atoms with E-state index in [0.717, 1.165) is 21.0 Å². The summed E-state index contributed by atoms with van der Waals surface area (Å²) in [5.74, 6) is -0.0348. The zero-order chi connectivity index (χ0) is 15.0. The third-order valence-electron chi connectivity index (χ3n) is 2.45. The summed E-state index contributed by atoms with van der Waals surface area (Å²) in [4.78, 5) is 22.7. The van der Waals surface area contributed by atoms with Gasteiger partial charge in [0.2, 0.25) is 0 Å². The maximum absolute atomic E-state index is 11.9. The van der Waals surface area contributed by atoms with E-state index in [0.29, 0.717) is 6.47 Å². The second kappa shape index (κ2) is 8.12. The quantitative estimate of drug-likeness (QED) is 0.882. The SMILES string of the molecule is COC=O.Cc1ccc(C(=O)Nc2ccccc2C)s1. The minimum absolute atomic E-state index is 0.0348. The zero-order valence-electron chi connectivity index (χ0n) is 11.7. The number of thiophene rings is 1. The second-order valence-corrected chi connectivity index (χ2v) is 5.30. The Morgan fingerprint density at radius 3 is 2.35 bits per heavy atom. The molecule has 0 radical (unpaired) electrons. The molecule has 0 aliphatic carbocycles. The molecule has 0 saturated carbocycles. The first-order valence-corrected chi connectivity index (χ1v) is 6.80. The van der Waals surface area contributed by atoms with E-state index in [1.807, 2.05) is 50.2 Å². The van der Waals surface area contributed by atoms with Crippen molar-refractivity contribution in [2.75, 3.05) is 12.4 Å². The number of para-hydroxylation sites is 1. The Balaban J connectivity index is 0.000000444. The molecule has 2 aromatic rings. The number of anilines is 1. The molecule has 1 aromatic carbocycles. The Kier molecular flexibility index (Phi) is 6.46. The molecule has 4 nitrogen and oxygen atoms in total. The molecule has 0 aliphatic heterocycles. The summed E-state index contributed by atoms with van der Waals surface area (Å²) in [6, 6.07) is 11.6. The van der Waals surface area contributed by atoms with Crippen LogP contribution in [0.1, 0.15) is 20.1 Å². The molecular weight excluding hydrogens is 274 g/mol. The number of nitrogens with one attached hydrogen (secondary N) is 1. The number of carbonyl (C=O) groups excluding carboxylic acids is 2. The molecule has 1 aromatic heterocycles. The van der Waals surface area contributed by atoms with Crippen molar-refractivity contribution >= 4 is 29.4 Å². The lowest BCUT2D eigenvalue weighted by atomic mass is 10.2. The molecule has 0 unspecified atom stereocenters. The highest BCUT2D eigenvalue weighted by atomic mass is 32.1. The van der Waals surface area contributed by atoms with E-state index in [4.69, 9.17) is 4.79 Å². The van der Waals surface area contributed by atoms with Crippen LogP contribution >= 0.6 is 11.3 Å². The van der Waals surface area contributed by atoms with Crippen molar-refractivity contribution in [1.29, 1.82) is 0 Å². The molecule has 0 atom stereocenters. The monoisotopic (exact) mass is 291 g/mol. The van der Waals surface area contributed by atoms with Gasteiger partial charge < -0.3 is 10.1 Å². The third kappa shape index (κ3) is 4.85. The minimum atomic E-state index is -0.0348. The number of ether oxygens (including phenoxy) is 1. The first-order chi connectivity index (χ1) is 9.58. The molecule has 0 fully saturated rings. The van der Waals surface area contributed by atoms with Crippen molar-refractivity contribution in [2.45, 2.75) is 13.8 Å². The van der Waals surface area contributed by atoms with Crippen LogP contribution in [0.15, 0.2) is 36.4 Å². The van der Waals surface area contributed by atoms with Crippen molar-refractivity contribution in [1.82, 2.24) is 0 Å². The number of rotatable bonds is 3. The van der Waals surface area contributed by atoms with Crippen molar-refractivity contribution < 1.29 is 14.3 Å². The minimum Gasteiger partial charge on any atom is -0.471 e. The summed E-state index contributed by atoms with van der Waals surface area (Å²) < 4.78 is 3.86. The van der Waals surface area contributed by atoms with Gasteiger partial charge in [0.15, 0.2) is 0 Å². The Morgan fingerprint density at radius 2 is 1.85 bits per heavy atom. The van der Waals surface area contributed by atoms with Gasteiger partial charge in [0, 0.05) is 10.6 Å². The lowest BCUT2D eigenvalue weighted by molar-refractivity contribution is -0.126. The molecule has 2 rings (SSSR count). The highest BCUT2D eigenvalue weighted by Crippen LogP contribution is 2.19. The lowest BCUT2D eigenvalue weighted by Gasteiger charge is -2.06. The molecule has 1 amide bonds. The van der Waals surface area contributed by atoms with Crippen molar-refractivity contribution in [3.05, 3.63) is 51.7 Å². The average Bonchev–Trinajstić information content (AvgIpc) is 2.88. The number of benzene rings is 1. The van der Waals surface area contributed by atoms with Gasteiger partial charge in [-0.3, -0.25) is 9.59 Å². The summed E-state index contributed by atoms with van der Waals surface area (Å²) in [7, 11) is 1.31. The number of aryl methyl sites for hydroxylation is 2. The van der Waals surface area contributed by atoms with Crippen LogP contribution in [0.4, 0.5) is 5.69 Å². The summed E-state index contributed by atoms with van der Waals surface area (Å²) in [6.07, 6.45) is 0. The molecule has 1 heterocycles. The summed E-state index contributed by atoms with van der Waals surface area (Å²) >= 11 is 1.51. The highest BCUT2D eigenvalue weighted by Gasteiger charge is 2.08. The Morgan fingerprint density at radius 1 is 1.20 bits per heavy atom. The molecule has 0 saturated heterocycles. The Bertz CT molecular complexity index is 578. The van der Waals surface area contributed by atoms with Crippen LogP contribution in [0.5, 0.6) is 0 Å². The molecule has 0 bridgehead atoms. The van der Waals surface area contributed by atoms with Gasteiger partial charge >= 0.3 is 0 Å². The second-order valence-electron chi connectivity index (χ2n) is 4.01. The molecule has 106 valence electrons. The van der Waals surface area contributed by atoms with Crippen LogP contribution < -0.4 is 5.32 Å². The molecular formula is C15H17NO3S. The van der Waals surface area contributed by atoms with E-state index < -0.39 is 0 Å². The maximum Gasteiger partial charge on any atom is 0.292 e. The van der Waals surface area contributed by atoms with Crippen molar-refractivity contribution in [3.63, 3.8) is 0 Å². The third-order valence-corrected chi connectivity index (χ3v) is 3.45. The zero-order valence-corrected chi connectivity index (χ0v) is 12.5. The Labute approximate surface area is 122 Å². The number of hydrogen-bond donors (Lipinski definition) is 1. The van der Waals surface area contributed by atoms with Crippen LogP contribution in [0.3, 0.4) is 0 Å². The fourth-order valence-electron chi connectivity index (χ4n) is 1.45. The van der Waals surface area contributed by atoms with E-state index in [1.165, 1.54) is 18.4 Å². The van der Waals surface area contributed by atoms with E-state index in [-0.39, 0.29) is 5.91 Å². The van der Waals surface area contributed by atoms with Crippen molar-refractivity contribution in [3.8, 4) is 0 Å². The fourth-order valence-corrected chi connectivity index (χ4v) is 2.22. The molecule has 5 heteroatoms. The van der Waals surface area contributed by atoms with Crippen LogP contribution in [-0.4, -0.2) is 19.5 Å². The first-order valence-electron chi connectivity index (χ1n) is 5.98. The van der Waals surface area contributed by atoms with Gasteiger partial charge in [-0.05, 0) is 37.6 Å². The molecule has 20 heavy (non-hydrogen) atoms. The number of methoxy groups -OCH3 is 1. The van der Waals surface area contributed by atoms with Crippen molar-refractivity contribution in [2.24, 2.45) is 0 Å². The summed E-state index contributed by atoms with van der Waals surface area (Å²) in [6.45, 7) is 4.35. The van der Waals surface area contributed by atoms with Crippen LogP contribution in [-0.2, 0) is 9.53 Å². The maximum atomic E-state index is 11.9. The molecule has 1 N–H and O–H groups in total. The van der Waals surface area contributed by atoms with E-state index in [9.17, 15) is 4.79 Å². The topological polar surface area (TPSA) is 55.4 Å². The van der Waals surface area contributed by atoms with Crippen LogP contribution in [0.2, 0.25) is 0 Å². The predicted octanol–water partition coefficient (Wildman–Crippen LogP) is 3.41. The standard InChI is InChI=1S/C13H13NOS.C2H4O2/c1-9-5-3-4-6-11(9)14-13(15)12-8-7-10(2)16-12;1-4-2-3/h3-8H,1-2H3,(H,14,15);2H,1H3. The van der Waals surface area contributed by atoms with Gasteiger partial charge in [-0.2, -0.15) is 0 Å². The average molecular weight is 291 g/mol. The number of amides is 1. The van der Waals surface area contributed by atoms with Crippen LogP contribution in [0.25, 0.3) is 0 Å². The normalized spacial score (nSPS) is 9.15. The summed E-state index contributed by atoms with van der Waals surface area (Å²) in [5, 5.41) is 2.91. The van der Waals surface area contributed by atoms with Gasteiger partial charge in [0.1, 0.15) is 0 Å². The van der Waals surface area contributed by atoms with Gasteiger partial charge in [0.05, 0.1) is 12.0 Å². The van der Waals surface area contributed by atoms with E-state index >= 15 is 0 Å². The lowest BCUT2D eigenvalue weighted by Crippen LogP contribution is -2.10. The first kappa shape index (κ1) is 15.9. The summed E-state index contributed by atoms with van der Waals surface area (Å²) in [5.41, 5.74) is 1.95. The molecule has 0 aliphatic rings. The predicted molar refractivity (Wildman–Crippen MR) is 81.3 cm³/mol. The Hall–Kier alpha value is -2.14. The highest BCUT2D eigenvalue weighted by molar-refractivity contribution is 7.14. The fraction of sp³-hybridized carbons (Fsp3) is 0.200.